The van der Waals surface area contributed by atoms with Crippen LogP contribution in [-0.4, -0.2) is 35.1 Å². The van der Waals surface area contributed by atoms with Gasteiger partial charge in [0.25, 0.3) is 5.91 Å². The fourth-order valence-corrected chi connectivity index (χ4v) is 4.15. The van der Waals surface area contributed by atoms with E-state index in [9.17, 15) is 4.79 Å². The fraction of sp³-hybridized carbons (Fsp3) is 0.278. The summed E-state index contributed by atoms with van der Waals surface area (Å²) in [5, 5.41) is 1.06. The van der Waals surface area contributed by atoms with Gasteiger partial charge in [0.15, 0.2) is 5.13 Å². The number of thiazole rings is 1. The summed E-state index contributed by atoms with van der Waals surface area (Å²) >= 11 is 13.4. The Morgan fingerprint density at radius 2 is 2.19 bits per heavy atom. The fourth-order valence-electron chi connectivity index (χ4n) is 2.91. The van der Waals surface area contributed by atoms with Crippen molar-refractivity contribution in [3.05, 3.63) is 52.3 Å². The number of hydrogen-bond acceptors (Lipinski definition) is 5. The van der Waals surface area contributed by atoms with Crippen molar-refractivity contribution in [2.75, 3.05) is 18.1 Å². The van der Waals surface area contributed by atoms with Crippen LogP contribution >= 0.6 is 34.5 Å². The number of carbonyl (C=O) groups excluding carboxylic acids is 1. The van der Waals surface area contributed by atoms with E-state index in [0.717, 1.165) is 29.7 Å². The van der Waals surface area contributed by atoms with Gasteiger partial charge in [0.05, 0.1) is 33.5 Å². The lowest BCUT2D eigenvalue weighted by atomic mass is 10.2. The van der Waals surface area contributed by atoms with Crippen LogP contribution < -0.4 is 4.90 Å². The van der Waals surface area contributed by atoms with E-state index in [1.807, 2.05) is 24.3 Å². The largest absolute Gasteiger partial charge is 0.376 e. The van der Waals surface area contributed by atoms with E-state index in [-0.39, 0.29) is 22.2 Å². The summed E-state index contributed by atoms with van der Waals surface area (Å²) in [7, 11) is 0. The van der Waals surface area contributed by atoms with Crippen LogP contribution in [-0.2, 0) is 4.74 Å². The Morgan fingerprint density at radius 3 is 2.92 bits per heavy atom. The van der Waals surface area contributed by atoms with Crippen LogP contribution in [0.1, 0.15) is 23.2 Å². The summed E-state index contributed by atoms with van der Waals surface area (Å²) < 4.78 is 6.76. The maximum Gasteiger partial charge on any atom is 0.261 e. The summed E-state index contributed by atoms with van der Waals surface area (Å²) in [6, 6.07) is 9.35. The molecule has 8 heteroatoms. The monoisotopic (exact) mass is 407 g/mol. The van der Waals surface area contributed by atoms with Gasteiger partial charge in [-0.05, 0) is 31.0 Å². The molecule has 0 saturated carbocycles. The minimum absolute atomic E-state index is 0.00157. The first-order valence-electron chi connectivity index (χ1n) is 8.22. The Morgan fingerprint density at radius 1 is 1.35 bits per heavy atom. The van der Waals surface area contributed by atoms with Crippen LogP contribution in [0.2, 0.25) is 10.2 Å². The molecule has 3 heterocycles. The standard InChI is InChI=1S/C18H15Cl2N3O2S/c19-13-8-11(9-21-16(13)20)17(24)23(10-12-4-3-7-25-12)18-22-14-5-1-2-6-15(14)26-18/h1-2,5-6,8-9,12H,3-4,7,10H2/t12-/m0/s1. The highest BCUT2D eigenvalue weighted by Crippen LogP contribution is 2.31. The number of nitrogens with zero attached hydrogens (tertiary/aromatic N) is 3. The molecule has 0 aliphatic carbocycles. The first-order chi connectivity index (χ1) is 12.6. The number of ether oxygens (including phenoxy) is 1. The molecule has 1 fully saturated rings. The Kier molecular flexibility index (Phi) is 5.09. The van der Waals surface area contributed by atoms with Gasteiger partial charge < -0.3 is 4.74 Å². The molecule has 0 unspecified atom stereocenters. The van der Waals surface area contributed by atoms with Gasteiger partial charge in [0.2, 0.25) is 0 Å². The highest BCUT2D eigenvalue weighted by molar-refractivity contribution is 7.22. The van der Waals surface area contributed by atoms with Crippen LogP contribution in [0.25, 0.3) is 10.2 Å². The quantitative estimate of drug-likeness (QED) is 0.581. The number of anilines is 1. The van der Waals surface area contributed by atoms with Crippen molar-refractivity contribution in [2.24, 2.45) is 0 Å². The number of rotatable bonds is 4. The molecule has 1 saturated heterocycles. The zero-order valence-electron chi connectivity index (χ0n) is 13.7. The number of aromatic nitrogens is 2. The van der Waals surface area contributed by atoms with Crippen molar-refractivity contribution in [3.8, 4) is 0 Å². The molecule has 1 aromatic carbocycles. The number of benzene rings is 1. The van der Waals surface area contributed by atoms with E-state index in [1.54, 1.807) is 4.90 Å². The van der Waals surface area contributed by atoms with Crippen molar-refractivity contribution in [1.29, 1.82) is 0 Å². The molecule has 5 nitrogen and oxygen atoms in total. The maximum atomic E-state index is 13.2. The molecule has 2 aromatic heterocycles. The number of para-hydroxylation sites is 1. The van der Waals surface area contributed by atoms with Gasteiger partial charge in [-0.2, -0.15) is 0 Å². The van der Waals surface area contributed by atoms with Gasteiger partial charge in [-0.25, -0.2) is 9.97 Å². The molecule has 1 aliphatic heterocycles. The third-order valence-corrected chi connectivity index (χ3v) is 5.96. The Hall–Kier alpha value is -1.73. The first kappa shape index (κ1) is 17.7. The second-order valence-electron chi connectivity index (χ2n) is 6.01. The molecule has 1 atom stereocenters. The molecule has 4 rings (SSSR count). The lowest BCUT2D eigenvalue weighted by Crippen LogP contribution is -2.37. The minimum Gasteiger partial charge on any atom is -0.376 e. The summed E-state index contributed by atoms with van der Waals surface area (Å²) in [4.78, 5) is 23.4. The van der Waals surface area contributed by atoms with Crippen molar-refractivity contribution in [2.45, 2.75) is 18.9 Å². The maximum absolute atomic E-state index is 13.2. The van der Waals surface area contributed by atoms with Gasteiger partial charge in [0, 0.05) is 12.8 Å². The molecular weight excluding hydrogens is 393 g/mol. The number of halogens is 2. The predicted molar refractivity (Wildman–Crippen MR) is 105 cm³/mol. The minimum atomic E-state index is -0.217. The zero-order valence-corrected chi connectivity index (χ0v) is 16.0. The van der Waals surface area contributed by atoms with E-state index in [4.69, 9.17) is 27.9 Å². The van der Waals surface area contributed by atoms with Gasteiger partial charge in [-0.3, -0.25) is 9.69 Å². The normalized spacial score (nSPS) is 16.9. The lowest BCUT2D eigenvalue weighted by Gasteiger charge is -2.23. The molecule has 0 N–H and O–H groups in total. The smallest absolute Gasteiger partial charge is 0.261 e. The van der Waals surface area contributed by atoms with E-state index in [0.29, 0.717) is 17.2 Å². The third-order valence-electron chi connectivity index (χ3n) is 4.21. The molecule has 3 aromatic rings. The SMILES string of the molecule is O=C(c1cnc(Cl)c(Cl)c1)N(C[C@@H]1CCCO1)c1nc2ccccc2s1. The molecule has 0 bridgehead atoms. The molecule has 0 radical (unpaired) electrons. The van der Waals surface area contributed by atoms with Gasteiger partial charge in [0.1, 0.15) is 5.15 Å². The number of carbonyl (C=O) groups is 1. The van der Waals surface area contributed by atoms with Crippen molar-refractivity contribution < 1.29 is 9.53 Å². The van der Waals surface area contributed by atoms with Crippen LogP contribution in [0.4, 0.5) is 5.13 Å². The van der Waals surface area contributed by atoms with E-state index >= 15 is 0 Å². The summed E-state index contributed by atoms with van der Waals surface area (Å²) in [6.45, 7) is 1.17. The van der Waals surface area contributed by atoms with Crippen LogP contribution in [0, 0.1) is 0 Å². The second-order valence-corrected chi connectivity index (χ2v) is 7.79. The van der Waals surface area contributed by atoms with E-state index in [2.05, 4.69) is 9.97 Å². The molecule has 26 heavy (non-hydrogen) atoms. The van der Waals surface area contributed by atoms with E-state index in [1.165, 1.54) is 23.6 Å². The molecule has 134 valence electrons. The second kappa shape index (κ2) is 7.48. The Labute approximate surface area is 164 Å². The zero-order chi connectivity index (χ0) is 18.1. The van der Waals surface area contributed by atoms with Crippen molar-refractivity contribution >= 4 is 55.8 Å². The van der Waals surface area contributed by atoms with Crippen LogP contribution in [0.15, 0.2) is 36.5 Å². The van der Waals surface area contributed by atoms with Crippen LogP contribution in [0.3, 0.4) is 0 Å². The molecule has 1 amide bonds. The number of hydrogen-bond donors (Lipinski definition) is 0. The third kappa shape index (κ3) is 3.55. The molecule has 1 aliphatic rings. The summed E-state index contributed by atoms with van der Waals surface area (Å²) in [6.07, 6.45) is 3.36. The highest BCUT2D eigenvalue weighted by atomic mass is 35.5. The van der Waals surface area contributed by atoms with Crippen molar-refractivity contribution in [1.82, 2.24) is 9.97 Å². The summed E-state index contributed by atoms with van der Waals surface area (Å²) in [5.74, 6) is -0.217. The Bertz CT molecular complexity index is 924. The Balaban J connectivity index is 1.71. The average molecular weight is 408 g/mol. The first-order valence-corrected chi connectivity index (χ1v) is 9.79. The number of fused-ring (bicyclic) bond motifs is 1. The molecule has 0 spiro atoms. The number of pyridine rings is 1. The molecular formula is C18H15Cl2N3O2S. The van der Waals surface area contributed by atoms with E-state index < -0.39 is 0 Å². The average Bonchev–Trinajstić information content (AvgIpc) is 3.30. The summed E-state index contributed by atoms with van der Waals surface area (Å²) in [5.41, 5.74) is 1.24. The van der Waals surface area contributed by atoms with Gasteiger partial charge in [-0.15, -0.1) is 0 Å². The number of amides is 1. The topological polar surface area (TPSA) is 55.3 Å². The predicted octanol–water partition coefficient (Wildman–Crippen LogP) is 4.82. The van der Waals surface area contributed by atoms with Crippen molar-refractivity contribution in [3.63, 3.8) is 0 Å². The van der Waals surface area contributed by atoms with Crippen LogP contribution in [0.5, 0.6) is 0 Å². The lowest BCUT2D eigenvalue weighted by molar-refractivity contribution is 0.0917. The highest BCUT2D eigenvalue weighted by Gasteiger charge is 2.27. The van der Waals surface area contributed by atoms with Gasteiger partial charge in [-0.1, -0.05) is 46.7 Å². The van der Waals surface area contributed by atoms with Gasteiger partial charge >= 0.3 is 0 Å².